The number of halogens is 4. The Bertz CT molecular complexity index is 1780. The second-order valence-electron chi connectivity index (χ2n) is 13.0. The van der Waals surface area contributed by atoms with Gasteiger partial charge in [-0.2, -0.15) is 4.37 Å². The molecule has 2 bridgehead atoms. The lowest BCUT2D eigenvalue weighted by Gasteiger charge is -2.56. The summed E-state index contributed by atoms with van der Waals surface area (Å²) >= 11 is 1.01. The molecule has 2 saturated heterocycles. The number of nitrogens with zero attached hydrogens (tertiary/aromatic N) is 3. The Balaban J connectivity index is 0.962. The van der Waals surface area contributed by atoms with Crippen LogP contribution in [0.2, 0.25) is 0 Å². The van der Waals surface area contributed by atoms with Crippen molar-refractivity contribution in [2.75, 3.05) is 4.90 Å². The number of fused-ring (bicyclic) bond motifs is 3. The summed E-state index contributed by atoms with van der Waals surface area (Å²) in [5, 5.41) is 17.3. The molecule has 2 unspecified atom stereocenters. The molecule has 13 heteroatoms. The van der Waals surface area contributed by atoms with E-state index in [1.54, 1.807) is 12.1 Å². The highest BCUT2D eigenvalue weighted by Crippen LogP contribution is 2.57. The first kappa shape index (κ1) is 28.7. The fourth-order valence-electron chi connectivity index (χ4n) is 8.13. The molecule has 2 N–H and O–H groups in total. The molecule has 2 aromatic carbocycles. The fourth-order valence-corrected chi connectivity index (χ4v) is 8.95. The van der Waals surface area contributed by atoms with Crippen molar-refractivity contribution in [1.29, 1.82) is 0 Å². The Kier molecular flexibility index (Phi) is 6.65. The van der Waals surface area contributed by atoms with Crippen molar-refractivity contribution in [1.82, 2.24) is 14.8 Å². The van der Waals surface area contributed by atoms with Crippen molar-refractivity contribution in [2.45, 2.75) is 88.3 Å². The summed E-state index contributed by atoms with van der Waals surface area (Å²) in [6.07, 6.45) is 3.15. The van der Waals surface area contributed by atoms with E-state index in [2.05, 4.69) is 24.5 Å². The minimum absolute atomic E-state index is 0.0715. The number of alkyl halides is 3. The maximum Gasteiger partial charge on any atom is 0.573 e. The van der Waals surface area contributed by atoms with E-state index in [-0.39, 0.29) is 51.9 Å². The van der Waals surface area contributed by atoms with Crippen LogP contribution in [0.5, 0.6) is 5.75 Å². The van der Waals surface area contributed by atoms with Crippen LogP contribution in [0.25, 0.3) is 21.3 Å². The molecule has 0 radical (unpaired) electrons. The highest BCUT2D eigenvalue weighted by Gasteiger charge is 2.54. The molecule has 8 rings (SSSR count). The minimum atomic E-state index is -4.82. The molecule has 236 valence electrons. The number of hydrogen-bond donors (Lipinski definition) is 2. The van der Waals surface area contributed by atoms with Gasteiger partial charge in [-0.1, -0.05) is 17.3 Å². The first-order valence-electron chi connectivity index (χ1n) is 15.2. The summed E-state index contributed by atoms with van der Waals surface area (Å²) in [6, 6.07) is 10.2. The zero-order chi connectivity index (χ0) is 31.1. The quantitative estimate of drug-likeness (QED) is 0.189. The van der Waals surface area contributed by atoms with Gasteiger partial charge in [0.25, 0.3) is 0 Å². The van der Waals surface area contributed by atoms with Gasteiger partial charge in [0.1, 0.15) is 23.0 Å². The van der Waals surface area contributed by atoms with Gasteiger partial charge < -0.3 is 24.6 Å². The van der Waals surface area contributed by atoms with E-state index < -0.39 is 18.1 Å². The van der Waals surface area contributed by atoms with E-state index in [9.17, 15) is 23.1 Å². The topological polar surface area (TPSA) is 101 Å². The molecule has 0 amide bonds. The van der Waals surface area contributed by atoms with Gasteiger partial charge in [0.2, 0.25) is 0 Å². The normalized spacial score (nSPS) is 26.0. The van der Waals surface area contributed by atoms with Gasteiger partial charge in [0, 0.05) is 47.4 Å². The van der Waals surface area contributed by atoms with Crippen molar-refractivity contribution in [3.05, 3.63) is 59.2 Å². The zero-order valence-electron chi connectivity index (χ0n) is 24.1. The maximum absolute atomic E-state index is 15.1. The lowest BCUT2D eigenvalue weighted by Crippen LogP contribution is -2.57. The van der Waals surface area contributed by atoms with Gasteiger partial charge in [-0.05, 0) is 92.6 Å². The van der Waals surface area contributed by atoms with Crippen LogP contribution in [0, 0.1) is 11.2 Å². The van der Waals surface area contributed by atoms with Crippen LogP contribution in [-0.2, 0) is 6.54 Å². The van der Waals surface area contributed by atoms with E-state index in [4.69, 9.17) is 4.52 Å². The van der Waals surface area contributed by atoms with E-state index in [0.29, 0.717) is 16.9 Å². The largest absolute Gasteiger partial charge is 0.573 e. The van der Waals surface area contributed by atoms with E-state index >= 15 is 4.39 Å². The number of benzene rings is 2. The van der Waals surface area contributed by atoms with Crippen LogP contribution in [0.3, 0.4) is 0 Å². The predicted octanol–water partition coefficient (Wildman–Crippen LogP) is 7.63. The van der Waals surface area contributed by atoms with Gasteiger partial charge in [0.15, 0.2) is 5.69 Å². The first-order valence-corrected chi connectivity index (χ1v) is 16.0. The molecule has 4 fully saturated rings. The van der Waals surface area contributed by atoms with Crippen LogP contribution in [0.15, 0.2) is 40.9 Å². The molecule has 4 heterocycles. The number of aromatic carboxylic acids is 1. The Morgan fingerprint density at radius 3 is 2.53 bits per heavy atom. The molecule has 45 heavy (non-hydrogen) atoms. The third-order valence-corrected chi connectivity index (χ3v) is 10.8. The summed E-state index contributed by atoms with van der Waals surface area (Å²) in [6.45, 7) is 0.442. The van der Waals surface area contributed by atoms with Gasteiger partial charge >= 0.3 is 12.3 Å². The molecule has 2 aliphatic carbocycles. The van der Waals surface area contributed by atoms with Crippen LogP contribution < -0.4 is 15.0 Å². The SMILES string of the molecule is O=C(O)c1nsc2cc(N3C4CCC3CC3(CC(NCc5c(-c6ccccc6OC(F)(F)F)noc5C5CC5)C3)C4)cc(F)c12. The third-order valence-electron chi connectivity index (χ3n) is 10.0. The van der Waals surface area contributed by atoms with Gasteiger partial charge in [-0.25, -0.2) is 9.18 Å². The molecule has 2 saturated carbocycles. The van der Waals surface area contributed by atoms with Crippen molar-refractivity contribution < 1.29 is 36.7 Å². The molecule has 2 atom stereocenters. The lowest BCUT2D eigenvalue weighted by atomic mass is 9.58. The summed E-state index contributed by atoms with van der Waals surface area (Å²) in [7, 11) is 0. The number of carboxylic acids is 1. The minimum Gasteiger partial charge on any atom is -0.476 e. The number of rotatable bonds is 8. The summed E-state index contributed by atoms with van der Waals surface area (Å²) < 4.78 is 69.0. The number of aromatic nitrogens is 2. The van der Waals surface area contributed by atoms with Crippen LogP contribution >= 0.6 is 11.5 Å². The molecular weight excluding hydrogens is 612 g/mol. The number of anilines is 1. The number of nitrogens with one attached hydrogen (secondary N) is 1. The molecule has 1 spiro atoms. The van der Waals surface area contributed by atoms with Crippen molar-refractivity contribution in [2.24, 2.45) is 5.41 Å². The van der Waals surface area contributed by atoms with Crippen molar-refractivity contribution >= 4 is 33.3 Å². The maximum atomic E-state index is 15.1. The molecule has 4 aromatic rings. The zero-order valence-corrected chi connectivity index (χ0v) is 24.9. The highest BCUT2D eigenvalue weighted by atomic mass is 32.1. The second-order valence-corrected chi connectivity index (χ2v) is 13.8. The Labute approximate surface area is 259 Å². The number of para-hydroxylation sites is 1. The van der Waals surface area contributed by atoms with E-state index in [1.165, 1.54) is 18.2 Å². The Hall–Kier alpha value is -3.71. The van der Waals surface area contributed by atoms with Crippen LogP contribution in [0.1, 0.15) is 79.1 Å². The molecular formula is C32H30F4N4O4S. The average molecular weight is 643 g/mol. The Morgan fingerprint density at radius 2 is 1.84 bits per heavy atom. The van der Waals surface area contributed by atoms with Crippen LogP contribution in [-0.4, -0.2) is 45.1 Å². The lowest BCUT2D eigenvalue weighted by molar-refractivity contribution is -0.274. The Morgan fingerprint density at radius 1 is 1.11 bits per heavy atom. The number of piperidine rings is 1. The number of carboxylic acid groups (broad SMARTS) is 1. The molecule has 2 aliphatic heterocycles. The molecule has 8 nitrogen and oxygen atoms in total. The summed E-state index contributed by atoms with van der Waals surface area (Å²) in [5.74, 6) is -1.11. The standard InChI is InChI=1S/C32H30F4N4O4S/c33-23-9-20(10-25-26(23)28(30(41)42)39-45-25)40-18-7-8-19(40)14-31(13-18)11-17(12-31)37-15-22-27(38-44-29(22)16-5-6-16)21-3-1-2-4-24(21)43-32(34,35)36/h1-4,9-10,16-19,37H,5-8,11-15H2,(H,41,42). The third kappa shape index (κ3) is 5.13. The number of hydrogen-bond acceptors (Lipinski definition) is 8. The van der Waals surface area contributed by atoms with Gasteiger partial charge in [-0.15, -0.1) is 13.2 Å². The van der Waals surface area contributed by atoms with Crippen molar-refractivity contribution in [3.8, 4) is 17.0 Å². The van der Waals surface area contributed by atoms with E-state index in [1.807, 2.05) is 6.07 Å². The first-order chi connectivity index (χ1) is 21.6. The van der Waals surface area contributed by atoms with Gasteiger partial charge in [-0.3, -0.25) is 0 Å². The summed E-state index contributed by atoms with van der Waals surface area (Å²) in [4.78, 5) is 13.8. The summed E-state index contributed by atoms with van der Waals surface area (Å²) in [5.41, 5.74) is 2.16. The van der Waals surface area contributed by atoms with Crippen molar-refractivity contribution in [3.63, 3.8) is 0 Å². The number of ether oxygens (including phenoxy) is 1. The molecule has 4 aliphatic rings. The monoisotopic (exact) mass is 642 g/mol. The highest BCUT2D eigenvalue weighted by molar-refractivity contribution is 7.13. The fraction of sp³-hybridized carbons (Fsp3) is 0.469. The van der Waals surface area contributed by atoms with Gasteiger partial charge in [0.05, 0.1) is 10.1 Å². The predicted molar refractivity (Wildman–Crippen MR) is 158 cm³/mol. The molecule has 2 aromatic heterocycles. The second kappa shape index (κ2) is 10.4. The average Bonchev–Trinajstić information content (AvgIpc) is 3.46. The van der Waals surface area contributed by atoms with E-state index in [0.717, 1.165) is 79.9 Å². The number of carbonyl (C=O) groups is 1. The smallest absolute Gasteiger partial charge is 0.476 e. The van der Waals surface area contributed by atoms with Crippen LogP contribution in [0.4, 0.5) is 23.2 Å².